The van der Waals surface area contributed by atoms with E-state index in [0.717, 1.165) is 6.42 Å². The maximum absolute atomic E-state index is 12.3. The minimum Gasteiger partial charge on any atom is -0.481 e. The number of hydrogen-bond donors (Lipinski definition) is 1. The van der Waals surface area contributed by atoms with Crippen molar-refractivity contribution in [2.24, 2.45) is 5.92 Å². The van der Waals surface area contributed by atoms with E-state index in [1.165, 1.54) is 0 Å². The summed E-state index contributed by atoms with van der Waals surface area (Å²) in [6.45, 7) is 4.66. The third kappa shape index (κ3) is 2.75. The number of carbonyl (C=O) groups is 2. The number of aliphatic carboxylic acids is 1. The van der Waals surface area contributed by atoms with Crippen LogP contribution in [0.4, 0.5) is 4.79 Å². The molecular weight excluding hydrogens is 236 g/mol. The Kier molecular flexibility index (Phi) is 4.06. The van der Waals surface area contributed by atoms with Gasteiger partial charge in [-0.1, -0.05) is 0 Å². The van der Waals surface area contributed by atoms with Gasteiger partial charge in [-0.3, -0.25) is 4.79 Å². The number of amides is 2. The first-order valence-electron chi connectivity index (χ1n) is 6.45. The van der Waals surface area contributed by atoms with E-state index >= 15 is 0 Å². The Morgan fingerprint density at radius 3 is 2.78 bits per heavy atom. The standard InChI is InChI=1S/C12H20N2O4/c1-9-8-18-6-5-14(9)12(17)13-4-2-3-10(7-13)11(15)16/h9-10H,2-8H2,1H3,(H,15,16). The number of urea groups is 1. The molecule has 6 nitrogen and oxygen atoms in total. The molecule has 2 heterocycles. The fourth-order valence-electron chi connectivity index (χ4n) is 2.55. The average Bonchev–Trinajstić information content (AvgIpc) is 2.38. The SMILES string of the molecule is CC1COCCN1C(=O)N1CCCC(C(=O)O)C1. The van der Waals surface area contributed by atoms with E-state index in [4.69, 9.17) is 9.84 Å². The zero-order valence-corrected chi connectivity index (χ0v) is 10.7. The van der Waals surface area contributed by atoms with Gasteiger partial charge in [0.2, 0.25) is 0 Å². The molecule has 6 heteroatoms. The Labute approximate surface area is 106 Å². The summed E-state index contributed by atoms with van der Waals surface area (Å²) in [5, 5.41) is 9.03. The second-order valence-electron chi connectivity index (χ2n) is 5.02. The summed E-state index contributed by atoms with van der Waals surface area (Å²) >= 11 is 0. The van der Waals surface area contributed by atoms with Crippen molar-refractivity contribution >= 4 is 12.0 Å². The highest BCUT2D eigenvalue weighted by Gasteiger charge is 2.33. The van der Waals surface area contributed by atoms with Crippen molar-refractivity contribution in [3.63, 3.8) is 0 Å². The molecule has 2 atom stereocenters. The van der Waals surface area contributed by atoms with E-state index in [1.54, 1.807) is 9.80 Å². The number of piperidine rings is 1. The molecule has 18 heavy (non-hydrogen) atoms. The molecule has 2 saturated heterocycles. The van der Waals surface area contributed by atoms with Crippen molar-refractivity contribution in [2.75, 3.05) is 32.8 Å². The van der Waals surface area contributed by atoms with Crippen molar-refractivity contribution in [2.45, 2.75) is 25.8 Å². The normalized spacial score (nSPS) is 29.2. The number of morpholine rings is 1. The monoisotopic (exact) mass is 256 g/mol. The van der Waals surface area contributed by atoms with Crippen LogP contribution in [0.15, 0.2) is 0 Å². The van der Waals surface area contributed by atoms with Crippen molar-refractivity contribution < 1.29 is 19.4 Å². The van der Waals surface area contributed by atoms with Gasteiger partial charge in [-0.25, -0.2) is 4.79 Å². The predicted octanol–water partition coefficient (Wildman–Crippen LogP) is 0.624. The van der Waals surface area contributed by atoms with E-state index in [1.807, 2.05) is 6.92 Å². The van der Waals surface area contributed by atoms with E-state index in [9.17, 15) is 9.59 Å². The fourth-order valence-corrected chi connectivity index (χ4v) is 2.55. The lowest BCUT2D eigenvalue weighted by molar-refractivity contribution is -0.143. The number of hydrogen-bond acceptors (Lipinski definition) is 3. The maximum Gasteiger partial charge on any atom is 0.320 e. The van der Waals surface area contributed by atoms with Gasteiger partial charge in [0.05, 0.1) is 25.2 Å². The van der Waals surface area contributed by atoms with Crippen LogP contribution >= 0.6 is 0 Å². The van der Waals surface area contributed by atoms with Gasteiger partial charge < -0.3 is 19.6 Å². The molecule has 0 aromatic carbocycles. The Bertz CT molecular complexity index is 334. The molecular formula is C12H20N2O4. The van der Waals surface area contributed by atoms with Crippen LogP contribution in [0.2, 0.25) is 0 Å². The molecule has 102 valence electrons. The molecule has 2 fully saturated rings. The molecule has 0 spiro atoms. The Balaban J connectivity index is 1.97. The van der Waals surface area contributed by atoms with Gasteiger partial charge in [-0.05, 0) is 19.8 Å². The highest BCUT2D eigenvalue weighted by Crippen LogP contribution is 2.19. The Hall–Kier alpha value is -1.30. The fraction of sp³-hybridized carbons (Fsp3) is 0.833. The first-order chi connectivity index (χ1) is 8.59. The van der Waals surface area contributed by atoms with E-state index in [2.05, 4.69) is 0 Å². The summed E-state index contributed by atoms with van der Waals surface area (Å²) in [6.07, 6.45) is 1.43. The number of likely N-dealkylation sites (tertiary alicyclic amines) is 1. The molecule has 0 bridgehead atoms. The lowest BCUT2D eigenvalue weighted by Gasteiger charge is -2.39. The summed E-state index contributed by atoms with van der Waals surface area (Å²) in [5.74, 6) is -1.22. The van der Waals surface area contributed by atoms with Crippen LogP contribution in [-0.2, 0) is 9.53 Å². The number of carbonyl (C=O) groups excluding carboxylic acids is 1. The van der Waals surface area contributed by atoms with Gasteiger partial charge in [0.1, 0.15) is 0 Å². The van der Waals surface area contributed by atoms with E-state index < -0.39 is 11.9 Å². The molecule has 0 radical (unpaired) electrons. The lowest BCUT2D eigenvalue weighted by Crippen LogP contribution is -2.55. The minimum absolute atomic E-state index is 0.0447. The third-order valence-electron chi connectivity index (χ3n) is 3.65. The van der Waals surface area contributed by atoms with Crippen LogP contribution in [0, 0.1) is 5.92 Å². The molecule has 2 rings (SSSR count). The number of carboxylic acids is 1. The highest BCUT2D eigenvalue weighted by molar-refractivity contribution is 5.77. The molecule has 2 aliphatic rings. The van der Waals surface area contributed by atoms with Gasteiger partial charge in [0.15, 0.2) is 0 Å². The van der Waals surface area contributed by atoms with Gasteiger partial charge in [0, 0.05) is 19.6 Å². The van der Waals surface area contributed by atoms with Crippen molar-refractivity contribution in [1.82, 2.24) is 9.80 Å². The highest BCUT2D eigenvalue weighted by atomic mass is 16.5. The second-order valence-corrected chi connectivity index (χ2v) is 5.02. The minimum atomic E-state index is -0.803. The summed E-state index contributed by atoms with van der Waals surface area (Å²) in [6, 6.07) is 0.0215. The average molecular weight is 256 g/mol. The second kappa shape index (κ2) is 5.56. The smallest absolute Gasteiger partial charge is 0.320 e. The third-order valence-corrected chi connectivity index (χ3v) is 3.65. The van der Waals surface area contributed by atoms with Crippen LogP contribution in [-0.4, -0.2) is 65.8 Å². The first kappa shape index (κ1) is 13.1. The van der Waals surface area contributed by atoms with Gasteiger partial charge in [-0.2, -0.15) is 0 Å². The number of nitrogens with zero attached hydrogens (tertiary/aromatic N) is 2. The van der Waals surface area contributed by atoms with Crippen molar-refractivity contribution in [3.05, 3.63) is 0 Å². The van der Waals surface area contributed by atoms with Crippen molar-refractivity contribution in [1.29, 1.82) is 0 Å². The van der Waals surface area contributed by atoms with Crippen LogP contribution in [0.1, 0.15) is 19.8 Å². The van der Waals surface area contributed by atoms with Crippen LogP contribution < -0.4 is 0 Å². The van der Waals surface area contributed by atoms with Gasteiger partial charge in [-0.15, -0.1) is 0 Å². The zero-order valence-electron chi connectivity index (χ0n) is 10.7. The zero-order chi connectivity index (χ0) is 13.1. The molecule has 1 N–H and O–H groups in total. The molecule has 0 aromatic heterocycles. The molecule has 2 aliphatic heterocycles. The molecule has 0 saturated carbocycles. The first-order valence-corrected chi connectivity index (χ1v) is 6.45. The number of ether oxygens (including phenoxy) is 1. The maximum atomic E-state index is 12.3. The Morgan fingerprint density at radius 2 is 2.11 bits per heavy atom. The van der Waals surface area contributed by atoms with Crippen LogP contribution in [0.25, 0.3) is 0 Å². The van der Waals surface area contributed by atoms with Crippen LogP contribution in [0.5, 0.6) is 0 Å². The topological polar surface area (TPSA) is 70.1 Å². The van der Waals surface area contributed by atoms with E-state index in [-0.39, 0.29) is 12.1 Å². The molecule has 2 amide bonds. The summed E-state index contributed by atoms with van der Waals surface area (Å²) in [4.78, 5) is 26.8. The van der Waals surface area contributed by atoms with Gasteiger partial charge >= 0.3 is 12.0 Å². The van der Waals surface area contributed by atoms with E-state index in [0.29, 0.717) is 39.3 Å². The summed E-state index contributed by atoms with van der Waals surface area (Å²) in [5.41, 5.74) is 0. The quantitative estimate of drug-likeness (QED) is 0.747. The molecule has 2 unspecified atom stereocenters. The predicted molar refractivity (Wildman–Crippen MR) is 64.3 cm³/mol. The van der Waals surface area contributed by atoms with Gasteiger partial charge in [0.25, 0.3) is 0 Å². The largest absolute Gasteiger partial charge is 0.481 e. The summed E-state index contributed by atoms with van der Waals surface area (Å²) in [7, 11) is 0. The Morgan fingerprint density at radius 1 is 1.33 bits per heavy atom. The summed E-state index contributed by atoms with van der Waals surface area (Å²) < 4.78 is 5.30. The van der Waals surface area contributed by atoms with Crippen LogP contribution in [0.3, 0.4) is 0 Å². The number of rotatable bonds is 1. The number of carboxylic acid groups (broad SMARTS) is 1. The lowest BCUT2D eigenvalue weighted by atomic mass is 9.98. The van der Waals surface area contributed by atoms with Crippen molar-refractivity contribution in [3.8, 4) is 0 Å². The molecule has 0 aliphatic carbocycles. The molecule has 0 aromatic rings.